The van der Waals surface area contributed by atoms with Crippen molar-refractivity contribution >= 4 is 22.3 Å². The minimum atomic E-state index is -0.401. The van der Waals surface area contributed by atoms with Crippen LogP contribution < -0.4 is 5.73 Å². The Morgan fingerprint density at radius 3 is 2.83 bits per heavy atom. The van der Waals surface area contributed by atoms with Crippen molar-refractivity contribution in [3.63, 3.8) is 0 Å². The molecular weight excluding hydrogens is 176 g/mol. The van der Waals surface area contributed by atoms with E-state index in [-0.39, 0.29) is 0 Å². The van der Waals surface area contributed by atoms with Crippen LogP contribution in [0.3, 0.4) is 0 Å². The summed E-state index contributed by atoms with van der Waals surface area (Å²) in [6, 6.07) is 0. The molecule has 1 heterocycles. The van der Waals surface area contributed by atoms with Crippen LogP contribution >= 0.6 is 11.3 Å². The molecule has 5 heteroatoms. The summed E-state index contributed by atoms with van der Waals surface area (Å²) in [5.74, 6) is -0.401. The maximum absolute atomic E-state index is 11.1. The van der Waals surface area contributed by atoms with Crippen molar-refractivity contribution in [2.75, 3.05) is 12.3 Å². The Morgan fingerprint density at radius 1 is 1.75 bits per heavy atom. The number of hydrogen-bond donors (Lipinski definition) is 1. The molecular formula is C7H10N2O2S. The summed E-state index contributed by atoms with van der Waals surface area (Å²) >= 11 is 1.15. The number of hydrogen-bond acceptors (Lipinski definition) is 5. The van der Waals surface area contributed by atoms with Crippen LogP contribution in [-0.2, 0) is 4.74 Å². The highest BCUT2D eigenvalue weighted by Gasteiger charge is 2.12. The summed E-state index contributed by atoms with van der Waals surface area (Å²) in [4.78, 5) is 15.0. The van der Waals surface area contributed by atoms with E-state index in [0.29, 0.717) is 22.3 Å². The van der Waals surface area contributed by atoms with Crippen LogP contribution in [0.4, 0.5) is 5.00 Å². The molecule has 0 aromatic carbocycles. The Hall–Kier alpha value is -1.10. The molecule has 0 spiro atoms. The number of esters is 1. The fourth-order valence-corrected chi connectivity index (χ4v) is 1.41. The molecule has 0 bridgehead atoms. The topological polar surface area (TPSA) is 65.2 Å². The first kappa shape index (κ1) is 8.99. The molecule has 0 saturated heterocycles. The molecule has 0 amide bonds. The standard InChI is InChI=1S/C7H10N2O2S/c1-3-11-7(10)6-9-4(2)5(8)12-6/h3,8H2,1-2H3. The van der Waals surface area contributed by atoms with Gasteiger partial charge in [-0.3, -0.25) is 0 Å². The zero-order chi connectivity index (χ0) is 9.14. The third-order valence-electron chi connectivity index (χ3n) is 1.28. The first-order valence-electron chi connectivity index (χ1n) is 3.55. The number of rotatable bonds is 2. The predicted molar refractivity (Wildman–Crippen MR) is 47.2 cm³/mol. The average Bonchev–Trinajstić information content (AvgIpc) is 2.33. The third-order valence-corrected chi connectivity index (χ3v) is 2.25. The van der Waals surface area contributed by atoms with E-state index in [1.54, 1.807) is 13.8 Å². The molecule has 0 atom stereocenters. The average molecular weight is 186 g/mol. The maximum Gasteiger partial charge on any atom is 0.367 e. The van der Waals surface area contributed by atoms with Gasteiger partial charge in [-0.25, -0.2) is 9.78 Å². The van der Waals surface area contributed by atoms with E-state index in [4.69, 9.17) is 10.5 Å². The number of carbonyl (C=O) groups is 1. The third kappa shape index (κ3) is 1.73. The van der Waals surface area contributed by atoms with Gasteiger partial charge in [0, 0.05) is 0 Å². The van der Waals surface area contributed by atoms with Crippen LogP contribution in [0.1, 0.15) is 22.4 Å². The Labute approximate surface area is 74.4 Å². The van der Waals surface area contributed by atoms with E-state index in [9.17, 15) is 4.79 Å². The SMILES string of the molecule is CCOC(=O)c1nc(C)c(N)s1. The van der Waals surface area contributed by atoms with Gasteiger partial charge in [-0.1, -0.05) is 11.3 Å². The van der Waals surface area contributed by atoms with Crippen molar-refractivity contribution in [2.45, 2.75) is 13.8 Å². The van der Waals surface area contributed by atoms with Gasteiger partial charge in [0.05, 0.1) is 12.3 Å². The summed E-state index contributed by atoms with van der Waals surface area (Å²) in [5.41, 5.74) is 6.21. The van der Waals surface area contributed by atoms with Crippen molar-refractivity contribution in [1.29, 1.82) is 0 Å². The van der Waals surface area contributed by atoms with E-state index in [2.05, 4.69) is 4.98 Å². The fraction of sp³-hybridized carbons (Fsp3) is 0.429. The summed E-state index contributed by atoms with van der Waals surface area (Å²) in [6.07, 6.45) is 0. The highest BCUT2D eigenvalue weighted by Crippen LogP contribution is 2.20. The highest BCUT2D eigenvalue weighted by atomic mass is 32.1. The second-order valence-electron chi connectivity index (χ2n) is 2.19. The van der Waals surface area contributed by atoms with Crippen molar-refractivity contribution in [3.8, 4) is 0 Å². The Balaban J connectivity index is 2.82. The fourth-order valence-electron chi connectivity index (χ4n) is 0.688. The van der Waals surface area contributed by atoms with Crippen LogP contribution in [0.2, 0.25) is 0 Å². The first-order chi connectivity index (χ1) is 5.65. The van der Waals surface area contributed by atoms with E-state index < -0.39 is 5.97 Å². The van der Waals surface area contributed by atoms with Gasteiger partial charge >= 0.3 is 5.97 Å². The molecule has 0 aliphatic carbocycles. The number of carbonyl (C=O) groups excluding carboxylic acids is 1. The number of ether oxygens (including phenoxy) is 1. The van der Waals surface area contributed by atoms with Gasteiger partial charge in [0.15, 0.2) is 0 Å². The normalized spacial score (nSPS) is 9.83. The molecule has 2 N–H and O–H groups in total. The molecule has 12 heavy (non-hydrogen) atoms. The number of nitrogens with zero attached hydrogens (tertiary/aromatic N) is 1. The number of aromatic nitrogens is 1. The van der Waals surface area contributed by atoms with Crippen molar-refractivity contribution < 1.29 is 9.53 Å². The molecule has 1 rings (SSSR count). The predicted octanol–water partition coefficient (Wildman–Crippen LogP) is 1.21. The summed E-state index contributed by atoms with van der Waals surface area (Å²) in [7, 11) is 0. The molecule has 0 aliphatic rings. The van der Waals surface area contributed by atoms with Gasteiger partial charge in [-0.2, -0.15) is 0 Å². The number of aryl methyl sites for hydroxylation is 1. The lowest BCUT2D eigenvalue weighted by Crippen LogP contribution is -2.03. The zero-order valence-corrected chi connectivity index (χ0v) is 7.77. The largest absolute Gasteiger partial charge is 0.461 e. The molecule has 0 unspecified atom stereocenters. The second kappa shape index (κ2) is 3.53. The van der Waals surface area contributed by atoms with Gasteiger partial charge in [-0.15, -0.1) is 0 Å². The van der Waals surface area contributed by atoms with Crippen LogP contribution in [-0.4, -0.2) is 17.6 Å². The molecule has 4 nitrogen and oxygen atoms in total. The molecule has 66 valence electrons. The summed E-state index contributed by atoms with van der Waals surface area (Å²) in [5, 5.41) is 0.893. The Kier molecular flexibility index (Phi) is 2.65. The van der Waals surface area contributed by atoms with Crippen molar-refractivity contribution in [1.82, 2.24) is 4.98 Å². The van der Waals surface area contributed by atoms with Gasteiger partial charge in [0.2, 0.25) is 5.01 Å². The Bertz CT molecular complexity index is 276. The van der Waals surface area contributed by atoms with Crippen LogP contribution in [0.5, 0.6) is 0 Å². The van der Waals surface area contributed by atoms with E-state index in [0.717, 1.165) is 11.3 Å². The number of anilines is 1. The quantitative estimate of drug-likeness (QED) is 0.705. The second-order valence-corrected chi connectivity index (χ2v) is 3.22. The first-order valence-corrected chi connectivity index (χ1v) is 4.36. The molecule has 0 radical (unpaired) electrons. The molecule has 0 fully saturated rings. The summed E-state index contributed by atoms with van der Waals surface area (Å²) in [6.45, 7) is 3.87. The molecule has 0 saturated carbocycles. The highest BCUT2D eigenvalue weighted by molar-refractivity contribution is 7.17. The minimum absolute atomic E-state index is 0.326. The van der Waals surface area contributed by atoms with Gasteiger partial charge in [0.25, 0.3) is 0 Å². The number of nitrogens with two attached hydrogens (primary N) is 1. The van der Waals surface area contributed by atoms with E-state index >= 15 is 0 Å². The lowest BCUT2D eigenvalue weighted by atomic mass is 10.5. The van der Waals surface area contributed by atoms with Crippen molar-refractivity contribution in [2.24, 2.45) is 0 Å². The molecule has 1 aromatic heterocycles. The lowest BCUT2D eigenvalue weighted by molar-refractivity contribution is 0.0526. The Morgan fingerprint density at radius 2 is 2.42 bits per heavy atom. The maximum atomic E-state index is 11.1. The van der Waals surface area contributed by atoms with Crippen LogP contribution in [0, 0.1) is 6.92 Å². The molecule has 0 aliphatic heterocycles. The zero-order valence-electron chi connectivity index (χ0n) is 6.96. The van der Waals surface area contributed by atoms with E-state index in [1.807, 2.05) is 0 Å². The minimum Gasteiger partial charge on any atom is -0.461 e. The van der Waals surface area contributed by atoms with E-state index in [1.165, 1.54) is 0 Å². The van der Waals surface area contributed by atoms with Crippen LogP contribution in [0.15, 0.2) is 0 Å². The number of nitrogen functional groups attached to an aromatic ring is 1. The van der Waals surface area contributed by atoms with Crippen molar-refractivity contribution in [3.05, 3.63) is 10.7 Å². The summed E-state index contributed by atoms with van der Waals surface area (Å²) < 4.78 is 4.75. The smallest absolute Gasteiger partial charge is 0.367 e. The lowest BCUT2D eigenvalue weighted by Gasteiger charge is -1.94. The van der Waals surface area contributed by atoms with Crippen LogP contribution in [0.25, 0.3) is 0 Å². The van der Waals surface area contributed by atoms with Gasteiger partial charge in [-0.05, 0) is 13.8 Å². The number of thiazole rings is 1. The van der Waals surface area contributed by atoms with Gasteiger partial charge < -0.3 is 10.5 Å². The van der Waals surface area contributed by atoms with Gasteiger partial charge in [0.1, 0.15) is 5.00 Å². The monoisotopic (exact) mass is 186 g/mol. The molecule has 1 aromatic rings.